The van der Waals surface area contributed by atoms with Gasteiger partial charge in [0.15, 0.2) is 0 Å². The Morgan fingerprint density at radius 2 is 1.77 bits per heavy atom. The van der Waals surface area contributed by atoms with Crippen LogP contribution in [0.3, 0.4) is 0 Å². The third kappa shape index (κ3) is 4.74. The van der Waals surface area contributed by atoms with Gasteiger partial charge in [-0.25, -0.2) is 9.78 Å². The van der Waals surface area contributed by atoms with E-state index >= 15 is 0 Å². The molecular weight excluding hydrogens is 496 g/mol. The highest BCUT2D eigenvalue weighted by Gasteiger charge is 2.23. The Kier molecular flexibility index (Phi) is 6.66. The van der Waals surface area contributed by atoms with Crippen LogP contribution in [0.5, 0.6) is 5.75 Å². The van der Waals surface area contributed by atoms with Crippen LogP contribution in [0.25, 0.3) is 22.2 Å². The van der Waals surface area contributed by atoms with Crippen molar-refractivity contribution in [1.29, 1.82) is 0 Å². The second-order valence-corrected chi connectivity index (χ2v) is 9.59. The highest BCUT2D eigenvalue weighted by molar-refractivity contribution is 5.87. The number of carbonyl (C=O) groups is 1. The van der Waals surface area contributed by atoms with E-state index in [0.717, 1.165) is 40.0 Å². The Morgan fingerprint density at radius 3 is 2.44 bits per heavy atom. The lowest BCUT2D eigenvalue weighted by Gasteiger charge is -2.19. The summed E-state index contributed by atoms with van der Waals surface area (Å²) in [6, 6.07) is 18.8. The molecule has 5 rings (SSSR count). The maximum absolute atomic E-state index is 12.2. The lowest BCUT2D eigenvalue weighted by molar-refractivity contribution is 0.144. The molecule has 0 unspecified atom stereocenters. The van der Waals surface area contributed by atoms with Crippen molar-refractivity contribution >= 4 is 34.3 Å². The van der Waals surface area contributed by atoms with Crippen molar-refractivity contribution < 1.29 is 14.6 Å². The number of anilines is 3. The van der Waals surface area contributed by atoms with Gasteiger partial charge in [0.1, 0.15) is 22.9 Å². The number of ether oxygens (including phenoxy) is 1. The van der Waals surface area contributed by atoms with Gasteiger partial charge in [0.2, 0.25) is 0 Å². The van der Waals surface area contributed by atoms with Crippen LogP contribution >= 0.6 is 0 Å². The Morgan fingerprint density at radius 1 is 1.05 bits per heavy atom. The number of para-hydroxylation sites is 1. The van der Waals surface area contributed by atoms with Gasteiger partial charge in [0.25, 0.3) is 10.9 Å². The van der Waals surface area contributed by atoms with Gasteiger partial charge in [0.05, 0.1) is 11.0 Å². The van der Waals surface area contributed by atoms with Gasteiger partial charge < -0.3 is 24.6 Å². The van der Waals surface area contributed by atoms with E-state index in [-0.39, 0.29) is 5.75 Å². The molecule has 1 heterocycles. The summed E-state index contributed by atoms with van der Waals surface area (Å²) in [5, 5.41) is 12.2. The summed E-state index contributed by atoms with van der Waals surface area (Å²) < 4.78 is 7.09. The predicted octanol–water partition coefficient (Wildman–Crippen LogP) is 5.08. The molecule has 39 heavy (non-hydrogen) atoms. The number of rotatable bonds is 8. The molecule has 0 saturated heterocycles. The third-order valence-corrected chi connectivity index (χ3v) is 6.73. The molecule has 5 aromatic rings. The van der Waals surface area contributed by atoms with Gasteiger partial charge >= 0.3 is 6.16 Å². The van der Waals surface area contributed by atoms with E-state index in [4.69, 9.17) is 14.8 Å². The number of carboxylic acid groups (broad SMARTS) is 1. The van der Waals surface area contributed by atoms with E-state index < -0.39 is 17.0 Å². The second kappa shape index (κ2) is 10.1. The van der Waals surface area contributed by atoms with Gasteiger partial charge in [-0.3, -0.25) is 9.59 Å². The van der Waals surface area contributed by atoms with Crippen LogP contribution in [0.4, 0.5) is 21.9 Å². The van der Waals surface area contributed by atoms with E-state index in [2.05, 4.69) is 16.8 Å². The van der Waals surface area contributed by atoms with E-state index in [0.29, 0.717) is 29.2 Å². The Labute approximate surface area is 224 Å². The zero-order chi connectivity index (χ0) is 27.8. The Balaban J connectivity index is 1.49. The topological polar surface area (TPSA) is 114 Å². The van der Waals surface area contributed by atoms with Crippen LogP contribution in [-0.2, 0) is 13.0 Å². The number of benzene rings is 3. The lowest BCUT2D eigenvalue weighted by atomic mass is 10.0. The zero-order valence-corrected chi connectivity index (χ0v) is 22.1. The van der Waals surface area contributed by atoms with Crippen molar-refractivity contribution in [2.24, 2.45) is 0 Å². The van der Waals surface area contributed by atoms with E-state index in [1.165, 1.54) is 0 Å². The molecule has 0 saturated carbocycles. The summed E-state index contributed by atoms with van der Waals surface area (Å²) in [6.45, 7) is 4.60. The molecular formula is C30H28N4O5. The SMILES string of the molecule is CCc1nc2c(C)cc(Nc3c(N(C)C)c(=O)c3=O)cc2n1Cc1ccc(-c2ccccc2OC(=O)O)cc1. The minimum atomic E-state index is -1.36. The molecule has 0 aliphatic rings. The van der Waals surface area contributed by atoms with Crippen molar-refractivity contribution in [3.63, 3.8) is 0 Å². The Hall–Kier alpha value is -4.92. The molecule has 1 aromatic heterocycles. The highest BCUT2D eigenvalue weighted by Crippen LogP contribution is 2.32. The molecule has 4 aromatic carbocycles. The molecule has 9 heteroatoms. The summed E-state index contributed by atoms with van der Waals surface area (Å²) in [6.07, 6.45) is -0.623. The van der Waals surface area contributed by atoms with Gasteiger partial charge in [-0.1, -0.05) is 49.4 Å². The summed E-state index contributed by atoms with van der Waals surface area (Å²) in [5.74, 6) is 1.21. The number of fused-ring (bicyclic) bond motifs is 1. The maximum atomic E-state index is 12.2. The van der Waals surface area contributed by atoms with Crippen molar-refractivity contribution in [2.75, 3.05) is 24.3 Å². The first-order chi connectivity index (χ1) is 18.7. The number of hydrogen-bond donors (Lipinski definition) is 2. The Bertz CT molecular complexity index is 1780. The predicted molar refractivity (Wildman–Crippen MR) is 152 cm³/mol. The second-order valence-electron chi connectivity index (χ2n) is 9.59. The van der Waals surface area contributed by atoms with Crippen LogP contribution in [0.1, 0.15) is 23.9 Å². The molecule has 0 aliphatic carbocycles. The summed E-state index contributed by atoms with van der Waals surface area (Å²) in [5.41, 5.74) is 5.71. The average Bonchev–Trinajstić information content (AvgIpc) is 3.26. The van der Waals surface area contributed by atoms with Crippen LogP contribution < -0.4 is 25.8 Å². The molecule has 0 radical (unpaired) electrons. The average molecular weight is 525 g/mol. The third-order valence-electron chi connectivity index (χ3n) is 6.73. The van der Waals surface area contributed by atoms with E-state index in [1.807, 2.05) is 55.5 Å². The molecule has 0 spiro atoms. The molecule has 0 atom stereocenters. The number of aryl methyl sites for hydroxylation is 2. The highest BCUT2D eigenvalue weighted by atomic mass is 16.7. The fourth-order valence-electron chi connectivity index (χ4n) is 4.89. The minimum Gasteiger partial charge on any atom is -0.449 e. The monoisotopic (exact) mass is 524 g/mol. The van der Waals surface area contributed by atoms with Crippen molar-refractivity contribution in [3.8, 4) is 16.9 Å². The van der Waals surface area contributed by atoms with E-state index in [1.54, 1.807) is 31.1 Å². The number of imidazole rings is 1. The molecule has 0 amide bonds. The number of hydrogen-bond acceptors (Lipinski definition) is 7. The van der Waals surface area contributed by atoms with Gasteiger partial charge in [-0.15, -0.1) is 0 Å². The van der Waals surface area contributed by atoms with Gasteiger partial charge in [-0.2, -0.15) is 0 Å². The number of nitrogens with zero attached hydrogens (tertiary/aromatic N) is 3. The molecule has 0 aliphatic heterocycles. The maximum Gasteiger partial charge on any atom is 0.511 e. The summed E-state index contributed by atoms with van der Waals surface area (Å²) >= 11 is 0. The zero-order valence-electron chi connectivity index (χ0n) is 22.1. The fourth-order valence-corrected chi connectivity index (χ4v) is 4.89. The van der Waals surface area contributed by atoms with E-state index in [9.17, 15) is 14.4 Å². The molecule has 198 valence electrons. The van der Waals surface area contributed by atoms with Gasteiger partial charge in [0, 0.05) is 38.3 Å². The van der Waals surface area contributed by atoms with Crippen molar-refractivity contribution in [1.82, 2.24) is 9.55 Å². The molecule has 2 N–H and O–H groups in total. The first-order valence-corrected chi connectivity index (χ1v) is 12.5. The lowest BCUT2D eigenvalue weighted by Crippen LogP contribution is -2.39. The number of aromatic nitrogens is 2. The number of nitrogens with one attached hydrogen (secondary N) is 1. The first kappa shape index (κ1) is 25.7. The molecule has 9 nitrogen and oxygen atoms in total. The summed E-state index contributed by atoms with van der Waals surface area (Å²) in [7, 11) is 3.48. The van der Waals surface area contributed by atoms with Crippen LogP contribution in [0.15, 0.2) is 70.3 Å². The summed E-state index contributed by atoms with van der Waals surface area (Å²) in [4.78, 5) is 41.9. The normalized spacial score (nSPS) is 11.2. The van der Waals surface area contributed by atoms with Gasteiger partial charge in [-0.05, 0) is 41.8 Å². The smallest absolute Gasteiger partial charge is 0.449 e. The quantitative estimate of drug-likeness (QED) is 0.164. The minimum absolute atomic E-state index is 0.279. The fraction of sp³-hybridized carbons (Fsp3) is 0.200. The van der Waals surface area contributed by atoms with Crippen LogP contribution in [-0.4, -0.2) is 34.9 Å². The van der Waals surface area contributed by atoms with Crippen LogP contribution in [0, 0.1) is 6.92 Å². The van der Waals surface area contributed by atoms with Crippen molar-refractivity contribution in [2.45, 2.75) is 26.8 Å². The first-order valence-electron chi connectivity index (χ1n) is 12.5. The standard InChI is InChI=1S/C30H28N4O5/c1-5-24-32-25-17(2)14-20(31-26-27(33(3)4)29(36)28(26)35)15-22(25)34(24)16-18-10-12-19(13-11-18)21-8-6-7-9-23(21)39-30(37)38/h6-15,31H,5,16H2,1-4H3,(H,37,38). The largest absolute Gasteiger partial charge is 0.511 e. The molecule has 0 bridgehead atoms. The molecule has 0 fully saturated rings. The van der Waals surface area contributed by atoms with Crippen molar-refractivity contribution in [3.05, 3.63) is 98.1 Å². The van der Waals surface area contributed by atoms with Crippen LogP contribution in [0.2, 0.25) is 0 Å².